The molecule has 0 rings (SSSR count). The van der Waals surface area contributed by atoms with Crippen molar-refractivity contribution in [2.75, 3.05) is 13.2 Å². The summed E-state index contributed by atoms with van der Waals surface area (Å²) < 4.78 is 16.8. The van der Waals surface area contributed by atoms with E-state index in [-0.39, 0.29) is 31.1 Å². The summed E-state index contributed by atoms with van der Waals surface area (Å²) >= 11 is 0. The van der Waals surface area contributed by atoms with Crippen molar-refractivity contribution in [2.24, 2.45) is 0 Å². The molecule has 0 radical (unpaired) electrons. The zero-order chi connectivity index (χ0) is 58.5. The Balaban J connectivity index is 4.22. The zero-order valence-corrected chi connectivity index (χ0v) is 52.8. The van der Waals surface area contributed by atoms with Crippen LogP contribution < -0.4 is 0 Å². The highest BCUT2D eigenvalue weighted by atomic mass is 16.6. The molecule has 0 aromatic rings. The fourth-order valence-corrected chi connectivity index (χ4v) is 9.11. The summed E-state index contributed by atoms with van der Waals surface area (Å²) in [5.41, 5.74) is 0. The molecule has 6 heteroatoms. The third-order valence-electron chi connectivity index (χ3n) is 14.1. The molecule has 0 spiro atoms. The van der Waals surface area contributed by atoms with Gasteiger partial charge in [0.05, 0.1) is 0 Å². The molecule has 0 aliphatic heterocycles. The van der Waals surface area contributed by atoms with E-state index in [0.29, 0.717) is 19.3 Å². The fraction of sp³-hybridized carbons (Fsp3) is 0.667. The van der Waals surface area contributed by atoms with Gasteiger partial charge in [-0.05, 0) is 122 Å². The number of allylic oxidation sites excluding steroid dienone is 22. The smallest absolute Gasteiger partial charge is 0.306 e. The lowest BCUT2D eigenvalue weighted by molar-refractivity contribution is -0.167. The van der Waals surface area contributed by atoms with E-state index in [4.69, 9.17) is 14.2 Å². The lowest BCUT2D eigenvalue weighted by Gasteiger charge is -2.18. The minimum absolute atomic E-state index is 0.0904. The second-order valence-corrected chi connectivity index (χ2v) is 22.0. The maximum atomic E-state index is 12.9. The van der Waals surface area contributed by atoms with Crippen molar-refractivity contribution in [1.29, 1.82) is 0 Å². The summed E-state index contributed by atoms with van der Waals surface area (Å²) in [5, 5.41) is 0. The first kappa shape index (κ1) is 76.5. The Morgan fingerprint density at radius 3 is 0.765 bits per heavy atom. The predicted molar refractivity (Wildman–Crippen MR) is 353 cm³/mol. The van der Waals surface area contributed by atoms with E-state index in [1.807, 2.05) is 0 Å². The molecule has 0 bridgehead atoms. The molecule has 460 valence electrons. The summed E-state index contributed by atoms with van der Waals surface area (Å²) in [6, 6.07) is 0. The number of hydrogen-bond acceptors (Lipinski definition) is 6. The Morgan fingerprint density at radius 1 is 0.259 bits per heavy atom. The molecular formula is C75H124O6. The summed E-state index contributed by atoms with van der Waals surface area (Å²) in [6.07, 6.45) is 96.3. The van der Waals surface area contributed by atoms with E-state index in [1.165, 1.54) is 135 Å². The van der Waals surface area contributed by atoms with Crippen LogP contribution in [0.3, 0.4) is 0 Å². The molecule has 0 saturated carbocycles. The lowest BCUT2D eigenvalue weighted by atomic mass is 10.0. The first-order valence-corrected chi connectivity index (χ1v) is 33.7. The second-order valence-electron chi connectivity index (χ2n) is 22.0. The van der Waals surface area contributed by atoms with E-state index in [2.05, 4.69) is 154 Å². The molecule has 0 N–H and O–H groups in total. The van der Waals surface area contributed by atoms with Gasteiger partial charge in [0.2, 0.25) is 0 Å². The Bertz CT molecular complexity index is 1720. The summed E-state index contributed by atoms with van der Waals surface area (Å²) in [6.45, 7) is 6.46. The van der Waals surface area contributed by atoms with Crippen LogP contribution in [0, 0.1) is 0 Å². The molecule has 81 heavy (non-hydrogen) atoms. The van der Waals surface area contributed by atoms with Gasteiger partial charge < -0.3 is 14.2 Å². The number of carbonyl (C=O) groups excluding carboxylic acids is 3. The van der Waals surface area contributed by atoms with Gasteiger partial charge in [-0.1, -0.05) is 296 Å². The van der Waals surface area contributed by atoms with Crippen LogP contribution in [0.2, 0.25) is 0 Å². The highest BCUT2D eigenvalue weighted by molar-refractivity contribution is 5.71. The van der Waals surface area contributed by atoms with Crippen LogP contribution in [0.4, 0.5) is 0 Å². The van der Waals surface area contributed by atoms with E-state index in [1.54, 1.807) is 0 Å². The quantitative estimate of drug-likeness (QED) is 0.0261. The number of hydrogen-bond donors (Lipinski definition) is 0. The largest absolute Gasteiger partial charge is 0.462 e. The second kappa shape index (κ2) is 68.1. The standard InChI is InChI=1S/C75H124O6/c1-4-7-10-13-16-18-20-22-24-26-28-30-32-34-35-36-37-38-39-41-42-44-46-48-50-52-54-56-59-62-65-68-74(77)80-71-72(70-79-73(76)67-64-61-58-15-12-9-6-3)81-75(78)69-66-63-60-57-55-53-51-49-47-45-43-40-33-31-29-27-25-23-21-19-17-14-11-8-5-2/h7,10,16,18,21-24,27-30,34-35,37-38,41-42,46,48,52,54,72H,4-6,8-9,11-15,17,19-20,25-26,31-33,36,39-40,43-45,47,49-51,53,55-71H2,1-3H3/b10-7-,18-16-,23-21-,24-22-,29-27-,30-28-,35-34-,38-37-,42-41-,48-46-,54-52-. The Labute approximate surface area is 500 Å². The monoisotopic (exact) mass is 1120 g/mol. The topological polar surface area (TPSA) is 78.9 Å². The normalized spacial score (nSPS) is 13.0. The fourth-order valence-electron chi connectivity index (χ4n) is 9.11. The van der Waals surface area contributed by atoms with Gasteiger partial charge in [0.25, 0.3) is 0 Å². The van der Waals surface area contributed by atoms with Gasteiger partial charge in [0.15, 0.2) is 6.10 Å². The van der Waals surface area contributed by atoms with Crippen LogP contribution in [0.15, 0.2) is 134 Å². The van der Waals surface area contributed by atoms with Crippen molar-refractivity contribution in [3.63, 3.8) is 0 Å². The lowest BCUT2D eigenvalue weighted by Crippen LogP contribution is -2.30. The Hall–Kier alpha value is -4.45. The molecule has 0 amide bonds. The number of ether oxygens (including phenoxy) is 3. The zero-order valence-electron chi connectivity index (χ0n) is 52.8. The number of esters is 3. The Morgan fingerprint density at radius 2 is 0.481 bits per heavy atom. The van der Waals surface area contributed by atoms with Gasteiger partial charge in [-0.2, -0.15) is 0 Å². The molecule has 0 fully saturated rings. The highest BCUT2D eigenvalue weighted by Gasteiger charge is 2.19. The van der Waals surface area contributed by atoms with Gasteiger partial charge in [-0.15, -0.1) is 0 Å². The van der Waals surface area contributed by atoms with Crippen LogP contribution in [0.1, 0.15) is 303 Å². The molecule has 0 aromatic carbocycles. The molecule has 0 aliphatic carbocycles. The van der Waals surface area contributed by atoms with Crippen LogP contribution in [0.25, 0.3) is 0 Å². The third kappa shape index (κ3) is 66.2. The first-order valence-electron chi connectivity index (χ1n) is 33.7. The molecule has 1 atom stereocenters. The van der Waals surface area contributed by atoms with Gasteiger partial charge >= 0.3 is 17.9 Å². The SMILES string of the molecule is CC/C=C\C/C=C\C/C=C\C/C=C\C/C=C\C/C=C\C/C=C\C/C=C\C/C=C\CCCCCC(=O)OCC(COC(=O)CCCCCCCCC)OC(=O)CCCCCCCCCCCCCCC/C=C\C/C=C\CCCCCCC. The number of rotatable bonds is 60. The number of carbonyl (C=O) groups is 3. The van der Waals surface area contributed by atoms with E-state index < -0.39 is 6.10 Å². The highest BCUT2D eigenvalue weighted by Crippen LogP contribution is 2.16. The van der Waals surface area contributed by atoms with Crippen molar-refractivity contribution in [2.45, 2.75) is 309 Å². The predicted octanol–water partition coefficient (Wildman–Crippen LogP) is 23.3. The van der Waals surface area contributed by atoms with E-state index in [0.717, 1.165) is 128 Å². The van der Waals surface area contributed by atoms with Crippen molar-refractivity contribution in [1.82, 2.24) is 0 Å². The van der Waals surface area contributed by atoms with Crippen LogP contribution in [-0.2, 0) is 28.6 Å². The van der Waals surface area contributed by atoms with Crippen LogP contribution in [-0.4, -0.2) is 37.2 Å². The minimum atomic E-state index is -0.794. The molecule has 0 aromatic heterocycles. The number of unbranched alkanes of at least 4 members (excludes halogenated alkanes) is 27. The van der Waals surface area contributed by atoms with E-state index in [9.17, 15) is 14.4 Å². The average Bonchev–Trinajstić information content (AvgIpc) is 3.46. The molecule has 0 aliphatic rings. The molecular weight excluding hydrogens is 997 g/mol. The van der Waals surface area contributed by atoms with Gasteiger partial charge in [-0.25, -0.2) is 0 Å². The van der Waals surface area contributed by atoms with Gasteiger partial charge in [0, 0.05) is 19.3 Å². The van der Waals surface area contributed by atoms with Crippen molar-refractivity contribution in [3.8, 4) is 0 Å². The molecule has 1 unspecified atom stereocenters. The summed E-state index contributed by atoms with van der Waals surface area (Å²) in [7, 11) is 0. The third-order valence-corrected chi connectivity index (χ3v) is 14.1. The minimum Gasteiger partial charge on any atom is -0.462 e. The van der Waals surface area contributed by atoms with Crippen LogP contribution >= 0.6 is 0 Å². The van der Waals surface area contributed by atoms with Gasteiger partial charge in [-0.3, -0.25) is 14.4 Å². The summed E-state index contributed by atoms with van der Waals surface area (Å²) in [5.74, 6) is -0.929. The van der Waals surface area contributed by atoms with Crippen LogP contribution in [0.5, 0.6) is 0 Å². The Kier molecular flexibility index (Phi) is 64.3. The van der Waals surface area contributed by atoms with Crippen molar-refractivity contribution in [3.05, 3.63) is 134 Å². The maximum absolute atomic E-state index is 12.9. The average molecular weight is 1120 g/mol. The maximum Gasteiger partial charge on any atom is 0.306 e. The van der Waals surface area contributed by atoms with E-state index >= 15 is 0 Å². The van der Waals surface area contributed by atoms with Crippen molar-refractivity contribution >= 4 is 17.9 Å². The molecule has 0 saturated heterocycles. The van der Waals surface area contributed by atoms with Crippen molar-refractivity contribution < 1.29 is 28.6 Å². The van der Waals surface area contributed by atoms with Gasteiger partial charge in [0.1, 0.15) is 13.2 Å². The summed E-state index contributed by atoms with van der Waals surface area (Å²) in [4.78, 5) is 38.1. The molecule has 0 heterocycles. The molecule has 6 nitrogen and oxygen atoms in total. The first-order chi connectivity index (χ1) is 40.0.